The van der Waals surface area contributed by atoms with Gasteiger partial charge < -0.3 is 5.32 Å². The molecule has 0 unspecified atom stereocenters. The summed E-state index contributed by atoms with van der Waals surface area (Å²) in [7, 11) is 0. The molecule has 0 saturated carbocycles. The molecule has 2 aromatic carbocycles. The van der Waals surface area contributed by atoms with Crippen LogP contribution in [0.25, 0.3) is 5.69 Å². The van der Waals surface area contributed by atoms with E-state index in [9.17, 15) is 4.79 Å². The smallest absolute Gasteiger partial charge is 0.278 e. The van der Waals surface area contributed by atoms with Crippen molar-refractivity contribution in [2.75, 3.05) is 5.32 Å². The van der Waals surface area contributed by atoms with E-state index in [1.807, 2.05) is 62.4 Å². The molecule has 0 spiro atoms. The first-order valence-electron chi connectivity index (χ1n) is 7.99. The summed E-state index contributed by atoms with van der Waals surface area (Å²) in [6, 6.07) is 15.7. The first-order chi connectivity index (χ1) is 11.6. The van der Waals surface area contributed by atoms with Gasteiger partial charge in [-0.1, -0.05) is 48.5 Å². The highest BCUT2D eigenvalue weighted by molar-refractivity contribution is 6.04. The lowest BCUT2D eigenvalue weighted by molar-refractivity contribution is 0.102. The fourth-order valence-corrected chi connectivity index (χ4v) is 2.73. The third kappa shape index (κ3) is 2.93. The molecule has 1 amide bonds. The molecular weight excluding hydrogens is 300 g/mol. The second-order valence-electron chi connectivity index (χ2n) is 5.69. The van der Waals surface area contributed by atoms with Crippen molar-refractivity contribution in [3.63, 3.8) is 0 Å². The van der Waals surface area contributed by atoms with E-state index in [2.05, 4.69) is 22.6 Å². The second-order valence-corrected chi connectivity index (χ2v) is 5.69. The Morgan fingerprint density at radius 2 is 1.83 bits per heavy atom. The predicted molar refractivity (Wildman–Crippen MR) is 94.6 cm³/mol. The van der Waals surface area contributed by atoms with Crippen LogP contribution in [-0.4, -0.2) is 20.9 Å². The van der Waals surface area contributed by atoms with Gasteiger partial charge in [-0.2, -0.15) is 0 Å². The highest BCUT2D eigenvalue weighted by Gasteiger charge is 2.18. The van der Waals surface area contributed by atoms with Gasteiger partial charge in [0.15, 0.2) is 5.69 Å². The Kier molecular flexibility index (Phi) is 4.42. The van der Waals surface area contributed by atoms with Crippen LogP contribution in [0.3, 0.4) is 0 Å². The van der Waals surface area contributed by atoms with Gasteiger partial charge in [0.1, 0.15) is 0 Å². The van der Waals surface area contributed by atoms with E-state index in [4.69, 9.17) is 0 Å². The number of anilines is 1. The molecule has 3 aromatic rings. The van der Waals surface area contributed by atoms with Crippen molar-refractivity contribution >= 4 is 11.6 Å². The average Bonchev–Trinajstić information content (AvgIpc) is 2.99. The van der Waals surface area contributed by atoms with Gasteiger partial charge in [-0.15, -0.1) is 5.10 Å². The van der Waals surface area contributed by atoms with Crippen LogP contribution in [0.4, 0.5) is 5.69 Å². The van der Waals surface area contributed by atoms with Crippen molar-refractivity contribution < 1.29 is 4.79 Å². The van der Waals surface area contributed by atoms with Crippen molar-refractivity contribution in [2.45, 2.75) is 27.2 Å². The number of rotatable bonds is 4. The summed E-state index contributed by atoms with van der Waals surface area (Å²) in [4.78, 5) is 12.7. The largest absolute Gasteiger partial charge is 0.320 e. The minimum Gasteiger partial charge on any atom is -0.320 e. The lowest BCUT2D eigenvalue weighted by atomic mass is 10.1. The molecule has 1 aromatic heterocycles. The monoisotopic (exact) mass is 320 g/mol. The molecule has 0 radical (unpaired) electrons. The molecule has 5 nitrogen and oxygen atoms in total. The van der Waals surface area contributed by atoms with Crippen molar-refractivity contribution in [2.24, 2.45) is 0 Å². The molecule has 24 heavy (non-hydrogen) atoms. The van der Waals surface area contributed by atoms with E-state index < -0.39 is 0 Å². The summed E-state index contributed by atoms with van der Waals surface area (Å²) in [5, 5.41) is 11.2. The van der Waals surface area contributed by atoms with Gasteiger partial charge in [0.05, 0.1) is 11.4 Å². The summed E-state index contributed by atoms with van der Waals surface area (Å²) in [6.07, 6.45) is 0.854. The number of amides is 1. The zero-order chi connectivity index (χ0) is 17.1. The van der Waals surface area contributed by atoms with E-state index >= 15 is 0 Å². The topological polar surface area (TPSA) is 59.8 Å². The predicted octanol–water partition coefficient (Wildman–Crippen LogP) is 3.70. The summed E-state index contributed by atoms with van der Waals surface area (Å²) < 4.78 is 1.67. The zero-order valence-corrected chi connectivity index (χ0v) is 14.1. The number of nitrogens with zero attached hydrogens (tertiary/aromatic N) is 3. The van der Waals surface area contributed by atoms with E-state index in [-0.39, 0.29) is 5.91 Å². The number of para-hydroxylation sites is 2. The SMILES string of the molecule is CCc1cccc(C)c1NC(=O)c1nnn(-c2ccccc2)c1C. The van der Waals surface area contributed by atoms with Crippen molar-refractivity contribution in [1.82, 2.24) is 15.0 Å². The van der Waals surface area contributed by atoms with Gasteiger partial charge in [0, 0.05) is 5.69 Å². The van der Waals surface area contributed by atoms with Crippen LogP contribution in [0.2, 0.25) is 0 Å². The van der Waals surface area contributed by atoms with Gasteiger partial charge in [-0.3, -0.25) is 4.79 Å². The number of benzene rings is 2. The molecule has 0 aliphatic carbocycles. The third-order valence-corrected chi connectivity index (χ3v) is 4.09. The molecule has 0 atom stereocenters. The fourth-order valence-electron chi connectivity index (χ4n) is 2.73. The number of aromatic nitrogens is 3. The van der Waals surface area contributed by atoms with Crippen LogP contribution < -0.4 is 5.32 Å². The summed E-state index contributed by atoms with van der Waals surface area (Å²) in [5.41, 5.74) is 4.94. The molecule has 122 valence electrons. The summed E-state index contributed by atoms with van der Waals surface area (Å²) in [5.74, 6) is -0.237. The fraction of sp³-hybridized carbons (Fsp3) is 0.211. The van der Waals surface area contributed by atoms with E-state index in [0.29, 0.717) is 11.4 Å². The molecule has 0 aliphatic rings. The van der Waals surface area contributed by atoms with Crippen molar-refractivity contribution in [3.05, 3.63) is 71.0 Å². The van der Waals surface area contributed by atoms with Crippen LogP contribution in [0, 0.1) is 13.8 Å². The number of carbonyl (C=O) groups excluding carboxylic acids is 1. The van der Waals surface area contributed by atoms with E-state index in [0.717, 1.165) is 28.9 Å². The van der Waals surface area contributed by atoms with Gasteiger partial charge in [0.2, 0.25) is 0 Å². The Morgan fingerprint density at radius 3 is 2.54 bits per heavy atom. The molecule has 1 N–H and O–H groups in total. The highest BCUT2D eigenvalue weighted by atomic mass is 16.2. The Balaban J connectivity index is 1.91. The molecule has 0 bridgehead atoms. The van der Waals surface area contributed by atoms with Crippen molar-refractivity contribution in [3.8, 4) is 5.69 Å². The normalized spacial score (nSPS) is 10.6. The summed E-state index contributed by atoms with van der Waals surface area (Å²) >= 11 is 0. The zero-order valence-electron chi connectivity index (χ0n) is 14.1. The van der Waals surface area contributed by atoms with Crippen LogP contribution in [-0.2, 0) is 6.42 Å². The summed E-state index contributed by atoms with van der Waals surface area (Å²) in [6.45, 7) is 5.91. The molecule has 0 aliphatic heterocycles. The Morgan fingerprint density at radius 1 is 1.08 bits per heavy atom. The quantitative estimate of drug-likeness (QED) is 0.797. The maximum atomic E-state index is 12.7. The van der Waals surface area contributed by atoms with Crippen LogP contribution >= 0.6 is 0 Å². The molecule has 5 heteroatoms. The van der Waals surface area contributed by atoms with Crippen LogP contribution in [0.1, 0.15) is 34.2 Å². The molecule has 0 fully saturated rings. The average molecular weight is 320 g/mol. The Labute approximate surface area is 141 Å². The number of carbonyl (C=O) groups is 1. The number of aryl methyl sites for hydroxylation is 2. The first kappa shape index (κ1) is 15.9. The second kappa shape index (κ2) is 6.66. The lowest BCUT2D eigenvalue weighted by Crippen LogP contribution is -2.16. The minimum absolute atomic E-state index is 0.237. The van der Waals surface area contributed by atoms with E-state index in [1.165, 1.54) is 0 Å². The maximum Gasteiger partial charge on any atom is 0.278 e. The molecular formula is C19H20N4O. The Hall–Kier alpha value is -2.95. The van der Waals surface area contributed by atoms with Crippen molar-refractivity contribution in [1.29, 1.82) is 0 Å². The lowest BCUT2D eigenvalue weighted by Gasteiger charge is -2.12. The van der Waals surface area contributed by atoms with E-state index in [1.54, 1.807) is 4.68 Å². The Bertz CT molecular complexity index is 868. The van der Waals surface area contributed by atoms with Gasteiger partial charge in [-0.05, 0) is 43.5 Å². The minimum atomic E-state index is -0.237. The van der Waals surface area contributed by atoms with Crippen LogP contribution in [0.5, 0.6) is 0 Å². The third-order valence-electron chi connectivity index (χ3n) is 4.09. The highest BCUT2D eigenvalue weighted by Crippen LogP contribution is 2.22. The first-order valence-corrected chi connectivity index (χ1v) is 7.99. The standard InChI is InChI=1S/C19H20N4O/c1-4-15-10-8-9-13(2)17(15)20-19(24)18-14(3)23(22-21-18)16-11-6-5-7-12-16/h5-12H,4H2,1-3H3,(H,20,24). The molecule has 0 saturated heterocycles. The molecule has 1 heterocycles. The van der Waals surface area contributed by atoms with Gasteiger partial charge >= 0.3 is 0 Å². The van der Waals surface area contributed by atoms with Gasteiger partial charge in [-0.25, -0.2) is 4.68 Å². The molecule has 3 rings (SSSR count). The maximum absolute atomic E-state index is 12.7. The van der Waals surface area contributed by atoms with Crippen LogP contribution in [0.15, 0.2) is 48.5 Å². The number of hydrogen-bond donors (Lipinski definition) is 1. The van der Waals surface area contributed by atoms with Gasteiger partial charge in [0.25, 0.3) is 5.91 Å². The number of nitrogens with one attached hydrogen (secondary N) is 1. The number of hydrogen-bond acceptors (Lipinski definition) is 3.